The molecule has 1 atom stereocenters. The number of thiophene rings is 1. The number of imide groups is 1. The summed E-state index contributed by atoms with van der Waals surface area (Å²) in [5.74, 6) is -0.187. The molecular formula is C12H12N4O2S2. The highest BCUT2D eigenvalue weighted by atomic mass is 32.2. The number of carbonyl (C=O) groups excluding carboxylic acids is 2. The highest BCUT2D eigenvalue weighted by molar-refractivity contribution is 8.00. The molecule has 1 N–H and O–H groups in total. The Hall–Kier alpha value is -1.67. The van der Waals surface area contributed by atoms with Crippen molar-refractivity contribution >= 4 is 45.3 Å². The Bertz CT molecular complexity index is 672. The van der Waals surface area contributed by atoms with Gasteiger partial charge in [0.15, 0.2) is 0 Å². The fourth-order valence-electron chi connectivity index (χ4n) is 1.97. The average molecular weight is 308 g/mol. The summed E-state index contributed by atoms with van der Waals surface area (Å²) in [4.78, 5) is 33.4. The quantitative estimate of drug-likeness (QED) is 0.690. The third kappa shape index (κ3) is 2.36. The van der Waals surface area contributed by atoms with E-state index >= 15 is 0 Å². The van der Waals surface area contributed by atoms with Crippen LogP contribution in [0.4, 0.5) is 4.79 Å². The third-order valence-corrected chi connectivity index (χ3v) is 5.10. The monoisotopic (exact) mass is 308 g/mol. The molecule has 104 valence electrons. The lowest BCUT2D eigenvalue weighted by atomic mass is 10.4. The van der Waals surface area contributed by atoms with E-state index in [1.165, 1.54) is 23.0 Å². The SMILES string of the molecule is C[C@@H](Sc1ncnc2ccsc12)C(=O)N1CCNC1=O. The first-order chi connectivity index (χ1) is 9.66. The van der Waals surface area contributed by atoms with Crippen molar-refractivity contribution in [3.05, 3.63) is 17.8 Å². The van der Waals surface area contributed by atoms with E-state index in [9.17, 15) is 9.59 Å². The van der Waals surface area contributed by atoms with Crippen LogP contribution in [0, 0.1) is 0 Å². The van der Waals surface area contributed by atoms with Gasteiger partial charge in [-0.3, -0.25) is 9.69 Å². The average Bonchev–Trinajstić information content (AvgIpc) is 3.06. The molecule has 1 aliphatic heterocycles. The Morgan fingerprint density at radius 3 is 3.15 bits per heavy atom. The van der Waals surface area contributed by atoms with Crippen LogP contribution in [0.15, 0.2) is 22.8 Å². The molecule has 0 aromatic carbocycles. The highest BCUT2D eigenvalue weighted by Crippen LogP contribution is 2.31. The van der Waals surface area contributed by atoms with Gasteiger partial charge in [-0.1, -0.05) is 11.8 Å². The molecule has 0 unspecified atom stereocenters. The predicted molar refractivity (Wildman–Crippen MR) is 77.8 cm³/mol. The molecule has 0 bridgehead atoms. The molecule has 6 nitrogen and oxygen atoms in total. The molecule has 2 aromatic rings. The predicted octanol–water partition coefficient (Wildman–Crippen LogP) is 1.72. The van der Waals surface area contributed by atoms with Crippen molar-refractivity contribution in [3.8, 4) is 0 Å². The van der Waals surface area contributed by atoms with Gasteiger partial charge in [0.2, 0.25) is 5.91 Å². The summed E-state index contributed by atoms with van der Waals surface area (Å²) in [5.41, 5.74) is 0.881. The molecule has 8 heteroatoms. The van der Waals surface area contributed by atoms with Crippen LogP contribution in [0.2, 0.25) is 0 Å². The summed E-state index contributed by atoms with van der Waals surface area (Å²) in [6.45, 7) is 2.74. The van der Waals surface area contributed by atoms with Crippen LogP contribution >= 0.6 is 23.1 Å². The largest absolute Gasteiger partial charge is 0.336 e. The number of carbonyl (C=O) groups is 2. The van der Waals surface area contributed by atoms with Crippen molar-refractivity contribution in [2.24, 2.45) is 0 Å². The second-order valence-electron chi connectivity index (χ2n) is 4.30. The lowest BCUT2D eigenvalue weighted by Gasteiger charge is -2.17. The minimum absolute atomic E-state index is 0.187. The van der Waals surface area contributed by atoms with E-state index in [-0.39, 0.29) is 17.2 Å². The van der Waals surface area contributed by atoms with Crippen LogP contribution in [0.25, 0.3) is 10.2 Å². The zero-order valence-corrected chi connectivity index (χ0v) is 12.3. The third-order valence-electron chi connectivity index (χ3n) is 2.97. The van der Waals surface area contributed by atoms with Gasteiger partial charge < -0.3 is 5.32 Å². The van der Waals surface area contributed by atoms with Gasteiger partial charge in [-0.25, -0.2) is 14.8 Å². The van der Waals surface area contributed by atoms with E-state index in [0.717, 1.165) is 15.2 Å². The van der Waals surface area contributed by atoms with Crippen LogP contribution in [0.1, 0.15) is 6.92 Å². The zero-order valence-electron chi connectivity index (χ0n) is 10.7. The number of urea groups is 1. The molecule has 3 rings (SSSR count). The molecule has 20 heavy (non-hydrogen) atoms. The summed E-state index contributed by atoms with van der Waals surface area (Å²) >= 11 is 2.91. The molecule has 0 saturated carbocycles. The van der Waals surface area contributed by atoms with Gasteiger partial charge in [0.05, 0.1) is 15.5 Å². The van der Waals surface area contributed by atoms with Crippen LogP contribution in [-0.2, 0) is 4.79 Å². The highest BCUT2D eigenvalue weighted by Gasteiger charge is 2.30. The van der Waals surface area contributed by atoms with Crippen molar-refractivity contribution in [1.82, 2.24) is 20.2 Å². The van der Waals surface area contributed by atoms with Gasteiger partial charge in [0, 0.05) is 13.1 Å². The number of rotatable bonds is 3. The lowest BCUT2D eigenvalue weighted by Crippen LogP contribution is -2.38. The summed E-state index contributed by atoms with van der Waals surface area (Å²) in [7, 11) is 0. The normalized spacial score (nSPS) is 16.4. The molecule has 1 fully saturated rings. The number of fused-ring (bicyclic) bond motifs is 1. The van der Waals surface area contributed by atoms with Gasteiger partial charge in [0.1, 0.15) is 11.4 Å². The lowest BCUT2D eigenvalue weighted by molar-refractivity contribution is -0.126. The molecule has 3 heterocycles. The summed E-state index contributed by atoms with van der Waals surface area (Å²) in [6.07, 6.45) is 1.50. The maximum absolute atomic E-state index is 12.2. The Kier molecular flexibility index (Phi) is 3.58. The first kappa shape index (κ1) is 13.3. The topological polar surface area (TPSA) is 75.2 Å². The molecule has 0 aliphatic carbocycles. The molecule has 0 spiro atoms. The smallest absolute Gasteiger partial charge is 0.324 e. The number of nitrogens with zero attached hydrogens (tertiary/aromatic N) is 3. The van der Waals surface area contributed by atoms with Gasteiger partial charge >= 0.3 is 6.03 Å². The van der Waals surface area contributed by atoms with Gasteiger partial charge in [-0.15, -0.1) is 11.3 Å². The number of nitrogens with one attached hydrogen (secondary N) is 1. The fourth-order valence-corrected chi connectivity index (χ4v) is 3.87. The maximum Gasteiger partial charge on any atom is 0.324 e. The van der Waals surface area contributed by atoms with Gasteiger partial charge in [0.25, 0.3) is 0 Å². The van der Waals surface area contributed by atoms with E-state index in [0.29, 0.717) is 13.1 Å². The first-order valence-electron chi connectivity index (χ1n) is 6.11. The Labute approximate surface area is 123 Å². The standard InChI is InChI=1S/C12H12N4O2S2/c1-7(11(17)16-4-3-13-12(16)18)20-10-9-8(2-5-19-9)14-6-15-10/h2,5-7H,3-4H2,1H3,(H,13,18)/t7-/m1/s1. The molecule has 1 aliphatic rings. The summed E-state index contributed by atoms with van der Waals surface area (Å²) in [5, 5.41) is 5.00. The van der Waals surface area contributed by atoms with Crippen molar-refractivity contribution in [2.45, 2.75) is 17.2 Å². The summed E-state index contributed by atoms with van der Waals surface area (Å²) in [6, 6.07) is 1.61. The van der Waals surface area contributed by atoms with Crippen LogP contribution in [0.3, 0.4) is 0 Å². The second kappa shape index (κ2) is 5.37. The number of aromatic nitrogens is 2. The van der Waals surface area contributed by atoms with Crippen molar-refractivity contribution in [2.75, 3.05) is 13.1 Å². The molecule has 2 aromatic heterocycles. The molecule has 1 saturated heterocycles. The van der Waals surface area contributed by atoms with Gasteiger partial charge in [-0.05, 0) is 18.4 Å². The van der Waals surface area contributed by atoms with E-state index in [2.05, 4.69) is 15.3 Å². The van der Waals surface area contributed by atoms with Crippen molar-refractivity contribution in [3.63, 3.8) is 0 Å². The zero-order chi connectivity index (χ0) is 14.1. The van der Waals surface area contributed by atoms with Crippen molar-refractivity contribution in [1.29, 1.82) is 0 Å². The molecular weight excluding hydrogens is 296 g/mol. The van der Waals surface area contributed by atoms with Gasteiger partial charge in [-0.2, -0.15) is 0 Å². The van der Waals surface area contributed by atoms with E-state index in [4.69, 9.17) is 0 Å². The van der Waals surface area contributed by atoms with Crippen LogP contribution < -0.4 is 5.32 Å². The Morgan fingerprint density at radius 2 is 2.40 bits per heavy atom. The minimum atomic E-state index is -0.362. The summed E-state index contributed by atoms with van der Waals surface area (Å²) < 4.78 is 0.975. The van der Waals surface area contributed by atoms with Crippen molar-refractivity contribution < 1.29 is 9.59 Å². The molecule has 3 amide bonds. The second-order valence-corrected chi connectivity index (χ2v) is 6.54. The first-order valence-corrected chi connectivity index (χ1v) is 7.87. The number of hydrogen-bond donors (Lipinski definition) is 1. The van der Waals surface area contributed by atoms with E-state index in [1.54, 1.807) is 18.3 Å². The maximum atomic E-state index is 12.2. The number of hydrogen-bond acceptors (Lipinski definition) is 6. The minimum Gasteiger partial charge on any atom is -0.336 e. The fraction of sp³-hybridized carbons (Fsp3) is 0.333. The Balaban J connectivity index is 1.78. The number of amides is 3. The Morgan fingerprint density at radius 1 is 1.55 bits per heavy atom. The van der Waals surface area contributed by atoms with E-state index < -0.39 is 0 Å². The van der Waals surface area contributed by atoms with Crippen LogP contribution in [0.5, 0.6) is 0 Å². The van der Waals surface area contributed by atoms with Crippen LogP contribution in [-0.4, -0.2) is 45.1 Å². The van der Waals surface area contributed by atoms with E-state index in [1.807, 2.05) is 11.4 Å². The number of thioether (sulfide) groups is 1. The molecule has 0 radical (unpaired) electrons.